The third-order valence-electron chi connectivity index (χ3n) is 5.20. The van der Waals surface area contributed by atoms with E-state index in [0.29, 0.717) is 36.6 Å². The van der Waals surface area contributed by atoms with Crippen LogP contribution in [-0.4, -0.2) is 61.6 Å². The molecule has 27 heavy (non-hydrogen) atoms. The van der Waals surface area contributed by atoms with Crippen LogP contribution in [0.4, 0.5) is 5.69 Å². The number of carbonyl (C=O) groups is 3. The molecule has 0 aromatic heterocycles. The fourth-order valence-electron chi connectivity index (χ4n) is 3.71. The van der Waals surface area contributed by atoms with Gasteiger partial charge >= 0.3 is 5.97 Å². The predicted molar refractivity (Wildman–Crippen MR) is 96.9 cm³/mol. The van der Waals surface area contributed by atoms with Gasteiger partial charge in [-0.3, -0.25) is 14.4 Å². The molecule has 3 rings (SSSR count). The Balaban J connectivity index is 1.73. The summed E-state index contributed by atoms with van der Waals surface area (Å²) in [5.41, 5.74) is 0.619. The average Bonchev–Trinajstić information content (AvgIpc) is 3.08. The van der Waals surface area contributed by atoms with Crippen molar-refractivity contribution in [1.82, 2.24) is 4.90 Å². The lowest BCUT2D eigenvalue weighted by Gasteiger charge is -2.32. The third-order valence-corrected chi connectivity index (χ3v) is 5.20. The number of hydrogen-bond acceptors (Lipinski definition) is 5. The van der Waals surface area contributed by atoms with E-state index in [-0.39, 0.29) is 31.3 Å². The van der Waals surface area contributed by atoms with Crippen molar-refractivity contribution in [3.63, 3.8) is 0 Å². The molecule has 2 atom stereocenters. The molecule has 2 aliphatic heterocycles. The highest BCUT2D eigenvalue weighted by Gasteiger charge is 2.39. The zero-order chi connectivity index (χ0) is 19.6. The number of amides is 2. The molecule has 2 saturated heterocycles. The summed E-state index contributed by atoms with van der Waals surface area (Å²) >= 11 is 0. The number of methoxy groups -OCH3 is 2. The highest BCUT2D eigenvalue weighted by Crippen LogP contribution is 2.33. The van der Waals surface area contributed by atoms with E-state index < -0.39 is 17.8 Å². The molecular weight excluding hydrogens is 352 g/mol. The van der Waals surface area contributed by atoms with Gasteiger partial charge < -0.3 is 24.4 Å². The Morgan fingerprint density at radius 2 is 1.74 bits per heavy atom. The molecule has 1 aromatic rings. The number of anilines is 1. The zero-order valence-electron chi connectivity index (χ0n) is 15.5. The van der Waals surface area contributed by atoms with Crippen molar-refractivity contribution in [3.05, 3.63) is 18.2 Å². The summed E-state index contributed by atoms with van der Waals surface area (Å²) in [6, 6.07) is 5.18. The van der Waals surface area contributed by atoms with Crippen molar-refractivity contribution < 1.29 is 29.0 Å². The number of aliphatic carboxylic acids is 1. The number of carboxylic acid groups (broad SMARTS) is 1. The Morgan fingerprint density at radius 3 is 2.33 bits per heavy atom. The van der Waals surface area contributed by atoms with E-state index >= 15 is 0 Å². The zero-order valence-corrected chi connectivity index (χ0v) is 15.5. The van der Waals surface area contributed by atoms with Crippen LogP contribution in [0.1, 0.15) is 19.3 Å². The van der Waals surface area contributed by atoms with E-state index in [4.69, 9.17) is 9.47 Å². The fraction of sp³-hybridized carbons (Fsp3) is 0.526. The lowest BCUT2D eigenvalue weighted by molar-refractivity contribution is -0.146. The summed E-state index contributed by atoms with van der Waals surface area (Å²) in [5.74, 6) is -1.04. The van der Waals surface area contributed by atoms with Crippen LogP contribution in [0.15, 0.2) is 18.2 Å². The van der Waals surface area contributed by atoms with E-state index in [2.05, 4.69) is 0 Å². The predicted octanol–water partition coefficient (Wildman–Crippen LogP) is 1.38. The van der Waals surface area contributed by atoms with Gasteiger partial charge in [-0.2, -0.15) is 0 Å². The smallest absolute Gasteiger partial charge is 0.308 e. The van der Waals surface area contributed by atoms with Gasteiger partial charge in [-0.1, -0.05) is 0 Å². The van der Waals surface area contributed by atoms with Crippen molar-refractivity contribution in [1.29, 1.82) is 0 Å². The number of hydrogen-bond donors (Lipinski definition) is 1. The number of ether oxygens (including phenoxy) is 2. The topological polar surface area (TPSA) is 96.4 Å². The van der Waals surface area contributed by atoms with Crippen LogP contribution in [0.5, 0.6) is 11.5 Å². The molecule has 1 aromatic carbocycles. The summed E-state index contributed by atoms with van der Waals surface area (Å²) in [6.45, 7) is 1.02. The van der Waals surface area contributed by atoms with Crippen LogP contribution in [0.3, 0.4) is 0 Å². The van der Waals surface area contributed by atoms with Gasteiger partial charge in [-0.15, -0.1) is 0 Å². The summed E-state index contributed by atoms with van der Waals surface area (Å²) in [7, 11) is 3.07. The molecule has 146 valence electrons. The van der Waals surface area contributed by atoms with Gasteiger partial charge in [0.15, 0.2) is 0 Å². The number of benzene rings is 1. The molecule has 8 nitrogen and oxygen atoms in total. The summed E-state index contributed by atoms with van der Waals surface area (Å²) in [4.78, 5) is 39.8. The van der Waals surface area contributed by atoms with Crippen molar-refractivity contribution in [2.24, 2.45) is 11.8 Å². The number of likely N-dealkylation sites (tertiary alicyclic amines) is 1. The maximum atomic E-state index is 12.8. The number of carboxylic acids is 1. The van der Waals surface area contributed by atoms with Crippen molar-refractivity contribution in [2.75, 3.05) is 38.8 Å². The van der Waals surface area contributed by atoms with Gasteiger partial charge in [0.1, 0.15) is 11.5 Å². The van der Waals surface area contributed by atoms with Crippen molar-refractivity contribution in [2.45, 2.75) is 19.3 Å². The van der Waals surface area contributed by atoms with Crippen LogP contribution < -0.4 is 14.4 Å². The fourth-order valence-corrected chi connectivity index (χ4v) is 3.71. The Kier molecular flexibility index (Phi) is 5.53. The normalized spacial score (nSPS) is 22.7. The molecular formula is C19H24N2O6. The van der Waals surface area contributed by atoms with Gasteiger partial charge in [0.25, 0.3) is 0 Å². The number of rotatable bonds is 5. The molecule has 8 heteroatoms. The van der Waals surface area contributed by atoms with E-state index in [1.165, 1.54) is 14.2 Å². The first kappa shape index (κ1) is 19.0. The van der Waals surface area contributed by atoms with Gasteiger partial charge in [0.2, 0.25) is 11.8 Å². The largest absolute Gasteiger partial charge is 0.497 e. The van der Waals surface area contributed by atoms with Crippen LogP contribution in [0, 0.1) is 11.8 Å². The molecule has 2 aliphatic rings. The van der Waals surface area contributed by atoms with E-state index in [1.807, 2.05) is 0 Å². The molecule has 0 bridgehead atoms. The maximum absolute atomic E-state index is 12.8. The Bertz CT molecular complexity index is 727. The van der Waals surface area contributed by atoms with E-state index in [0.717, 1.165) is 0 Å². The Hall–Kier alpha value is -2.77. The van der Waals surface area contributed by atoms with E-state index in [1.54, 1.807) is 28.0 Å². The molecule has 0 spiro atoms. The molecule has 0 aliphatic carbocycles. The van der Waals surface area contributed by atoms with Gasteiger partial charge in [-0.25, -0.2) is 0 Å². The maximum Gasteiger partial charge on any atom is 0.308 e. The number of piperidine rings is 1. The summed E-state index contributed by atoms with van der Waals surface area (Å²) < 4.78 is 10.5. The standard InChI is InChI=1S/C19H24N2O6/c1-26-15-7-14(8-16(9-15)27-2)21-11-13(6-17(21)22)18(23)20-5-3-4-12(10-20)19(24)25/h7-9,12-13H,3-6,10-11H2,1-2H3,(H,24,25). The molecule has 0 saturated carbocycles. The monoisotopic (exact) mass is 376 g/mol. The second kappa shape index (κ2) is 7.85. The lowest BCUT2D eigenvalue weighted by atomic mass is 9.96. The molecule has 2 unspecified atom stereocenters. The summed E-state index contributed by atoms with van der Waals surface area (Å²) in [6.07, 6.45) is 1.37. The van der Waals surface area contributed by atoms with Crippen LogP contribution >= 0.6 is 0 Å². The van der Waals surface area contributed by atoms with Crippen molar-refractivity contribution >= 4 is 23.5 Å². The van der Waals surface area contributed by atoms with E-state index in [9.17, 15) is 19.5 Å². The molecule has 2 heterocycles. The molecule has 0 radical (unpaired) electrons. The van der Waals surface area contributed by atoms with Crippen LogP contribution in [0.2, 0.25) is 0 Å². The lowest BCUT2D eigenvalue weighted by Crippen LogP contribution is -2.45. The number of nitrogens with zero attached hydrogens (tertiary/aromatic N) is 2. The highest BCUT2D eigenvalue weighted by atomic mass is 16.5. The Labute approximate surface area is 157 Å². The first-order chi connectivity index (χ1) is 12.9. The highest BCUT2D eigenvalue weighted by molar-refractivity contribution is 6.00. The van der Waals surface area contributed by atoms with Gasteiger partial charge in [0.05, 0.1) is 31.7 Å². The minimum atomic E-state index is -0.875. The first-order valence-electron chi connectivity index (χ1n) is 8.98. The molecule has 1 N–H and O–H groups in total. The van der Waals surface area contributed by atoms with Gasteiger partial charge in [-0.05, 0) is 12.8 Å². The first-order valence-corrected chi connectivity index (χ1v) is 8.98. The Morgan fingerprint density at radius 1 is 1.07 bits per heavy atom. The van der Waals surface area contributed by atoms with Crippen molar-refractivity contribution in [3.8, 4) is 11.5 Å². The third kappa shape index (κ3) is 3.99. The van der Waals surface area contributed by atoms with Crippen LogP contribution in [0.25, 0.3) is 0 Å². The second-order valence-electron chi connectivity index (χ2n) is 6.94. The second-order valence-corrected chi connectivity index (χ2v) is 6.94. The van der Waals surface area contributed by atoms with Crippen LogP contribution in [-0.2, 0) is 14.4 Å². The minimum Gasteiger partial charge on any atom is -0.497 e. The molecule has 2 fully saturated rings. The average molecular weight is 376 g/mol. The number of carbonyl (C=O) groups excluding carboxylic acids is 2. The molecule has 2 amide bonds. The summed E-state index contributed by atoms with van der Waals surface area (Å²) in [5, 5.41) is 9.21. The van der Waals surface area contributed by atoms with Gasteiger partial charge in [0, 0.05) is 44.3 Å². The SMILES string of the molecule is COc1cc(OC)cc(N2CC(C(=O)N3CCCC(C(=O)O)C3)CC2=O)c1. The minimum absolute atomic E-state index is 0.118. The quantitative estimate of drug-likeness (QED) is 0.834.